The lowest BCUT2D eigenvalue weighted by molar-refractivity contribution is -0.0724. The Hall–Kier alpha value is -0.120. The number of ether oxygens (including phenoxy) is 1. The molecular formula is C13H26N2O. The molecule has 0 radical (unpaired) electrons. The lowest BCUT2D eigenvalue weighted by atomic mass is 10.0. The average Bonchev–Trinajstić information content (AvgIpc) is 2.18. The van der Waals surface area contributed by atoms with Crippen molar-refractivity contribution in [1.29, 1.82) is 0 Å². The standard InChI is InChI=1S/C13H26N2O/c1-13(11-14-12-13)16-10-9-15-7-5-3-2-4-6-8-15/h14H,2-12H2,1H3. The summed E-state index contributed by atoms with van der Waals surface area (Å²) in [6.07, 6.45) is 7.02. The van der Waals surface area contributed by atoms with Gasteiger partial charge in [0.25, 0.3) is 0 Å². The van der Waals surface area contributed by atoms with Gasteiger partial charge in [-0.25, -0.2) is 0 Å². The van der Waals surface area contributed by atoms with Crippen molar-refractivity contribution >= 4 is 0 Å². The molecule has 0 aromatic rings. The Balaban J connectivity index is 1.60. The molecule has 0 aromatic carbocycles. The molecule has 0 bridgehead atoms. The predicted octanol–water partition coefficient (Wildman–Crippen LogP) is 1.63. The molecule has 0 unspecified atom stereocenters. The van der Waals surface area contributed by atoms with Crippen LogP contribution in [0.5, 0.6) is 0 Å². The summed E-state index contributed by atoms with van der Waals surface area (Å²) in [4.78, 5) is 2.58. The first kappa shape index (κ1) is 12.3. The van der Waals surface area contributed by atoms with E-state index < -0.39 is 0 Å². The van der Waals surface area contributed by atoms with E-state index in [1.165, 1.54) is 45.2 Å². The van der Waals surface area contributed by atoms with Crippen LogP contribution in [-0.2, 0) is 4.74 Å². The van der Waals surface area contributed by atoms with Gasteiger partial charge in [-0.05, 0) is 32.9 Å². The summed E-state index contributed by atoms with van der Waals surface area (Å²) in [6, 6.07) is 0. The number of nitrogens with zero attached hydrogens (tertiary/aromatic N) is 1. The largest absolute Gasteiger partial charge is 0.371 e. The maximum Gasteiger partial charge on any atom is 0.0902 e. The molecule has 2 aliphatic rings. The van der Waals surface area contributed by atoms with Crippen LogP contribution in [-0.4, -0.2) is 49.8 Å². The topological polar surface area (TPSA) is 24.5 Å². The molecule has 2 fully saturated rings. The molecule has 0 aromatic heterocycles. The summed E-state index contributed by atoms with van der Waals surface area (Å²) in [6.45, 7) is 8.82. The van der Waals surface area contributed by atoms with Gasteiger partial charge in [-0.3, -0.25) is 0 Å². The van der Waals surface area contributed by atoms with Gasteiger partial charge < -0.3 is 15.0 Å². The lowest BCUT2D eigenvalue weighted by Gasteiger charge is -2.39. The quantitative estimate of drug-likeness (QED) is 0.788. The van der Waals surface area contributed by atoms with E-state index in [1.807, 2.05) is 0 Å². The Kier molecular flexibility index (Phi) is 4.62. The summed E-state index contributed by atoms with van der Waals surface area (Å²) < 4.78 is 5.94. The van der Waals surface area contributed by atoms with Crippen LogP contribution in [0.1, 0.15) is 39.0 Å². The van der Waals surface area contributed by atoms with Crippen LogP contribution in [0.2, 0.25) is 0 Å². The summed E-state index contributed by atoms with van der Waals surface area (Å²) in [5.74, 6) is 0. The van der Waals surface area contributed by atoms with Crippen LogP contribution in [0, 0.1) is 0 Å². The molecule has 16 heavy (non-hydrogen) atoms. The molecule has 1 N–H and O–H groups in total. The van der Waals surface area contributed by atoms with Gasteiger partial charge in [-0.1, -0.05) is 19.3 Å². The normalized spacial score (nSPS) is 26.8. The van der Waals surface area contributed by atoms with Crippen LogP contribution in [0.15, 0.2) is 0 Å². The summed E-state index contributed by atoms with van der Waals surface area (Å²) >= 11 is 0. The highest BCUT2D eigenvalue weighted by atomic mass is 16.5. The summed E-state index contributed by atoms with van der Waals surface area (Å²) in [7, 11) is 0. The van der Waals surface area contributed by atoms with Gasteiger partial charge in [-0.15, -0.1) is 0 Å². The van der Waals surface area contributed by atoms with E-state index in [1.54, 1.807) is 0 Å². The Morgan fingerprint density at radius 1 is 1.06 bits per heavy atom. The Morgan fingerprint density at radius 3 is 2.25 bits per heavy atom. The zero-order valence-electron chi connectivity index (χ0n) is 10.6. The predicted molar refractivity (Wildman–Crippen MR) is 66.8 cm³/mol. The van der Waals surface area contributed by atoms with Crippen LogP contribution < -0.4 is 5.32 Å². The smallest absolute Gasteiger partial charge is 0.0902 e. The van der Waals surface area contributed by atoms with Crippen molar-refractivity contribution in [2.45, 2.75) is 44.6 Å². The first-order valence-electron chi connectivity index (χ1n) is 6.86. The van der Waals surface area contributed by atoms with E-state index in [0.29, 0.717) is 0 Å². The number of likely N-dealkylation sites (tertiary alicyclic amines) is 1. The minimum atomic E-state index is 0.128. The van der Waals surface area contributed by atoms with Crippen molar-refractivity contribution in [3.63, 3.8) is 0 Å². The van der Waals surface area contributed by atoms with Gasteiger partial charge in [0.2, 0.25) is 0 Å². The van der Waals surface area contributed by atoms with Crippen LogP contribution in [0.25, 0.3) is 0 Å². The number of hydrogen-bond donors (Lipinski definition) is 1. The Labute approximate surface area is 99.5 Å². The molecule has 0 atom stereocenters. The highest BCUT2D eigenvalue weighted by Gasteiger charge is 2.32. The first-order valence-corrected chi connectivity index (χ1v) is 6.86. The second kappa shape index (κ2) is 5.99. The van der Waals surface area contributed by atoms with E-state index in [9.17, 15) is 0 Å². The van der Waals surface area contributed by atoms with E-state index in [0.717, 1.165) is 26.2 Å². The fraction of sp³-hybridized carbons (Fsp3) is 1.00. The van der Waals surface area contributed by atoms with Crippen LogP contribution >= 0.6 is 0 Å². The number of hydrogen-bond acceptors (Lipinski definition) is 3. The van der Waals surface area contributed by atoms with Crippen molar-refractivity contribution in [3.05, 3.63) is 0 Å². The lowest BCUT2D eigenvalue weighted by Crippen LogP contribution is -2.59. The van der Waals surface area contributed by atoms with Gasteiger partial charge >= 0.3 is 0 Å². The SMILES string of the molecule is CC1(OCCN2CCCCCCC2)CNC1. The Bertz CT molecular complexity index is 196. The monoisotopic (exact) mass is 226 g/mol. The molecule has 0 saturated carbocycles. The molecule has 94 valence electrons. The van der Waals surface area contributed by atoms with E-state index >= 15 is 0 Å². The maximum atomic E-state index is 5.94. The third kappa shape index (κ3) is 3.72. The maximum absolute atomic E-state index is 5.94. The minimum absolute atomic E-state index is 0.128. The third-order valence-corrected chi connectivity index (χ3v) is 3.80. The fourth-order valence-electron chi connectivity index (χ4n) is 2.54. The van der Waals surface area contributed by atoms with Gasteiger partial charge in [0, 0.05) is 19.6 Å². The van der Waals surface area contributed by atoms with Gasteiger partial charge in [-0.2, -0.15) is 0 Å². The Morgan fingerprint density at radius 2 is 1.69 bits per heavy atom. The first-order chi connectivity index (χ1) is 7.79. The average molecular weight is 226 g/mol. The molecule has 2 rings (SSSR count). The zero-order valence-corrected chi connectivity index (χ0v) is 10.6. The van der Waals surface area contributed by atoms with Gasteiger partial charge in [0.1, 0.15) is 0 Å². The molecule has 2 aliphatic heterocycles. The fourth-order valence-corrected chi connectivity index (χ4v) is 2.54. The van der Waals surface area contributed by atoms with Crippen molar-refractivity contribution in [1.82, 2.24) is 10.2 Å². The zero-order chi connectivity index (χ0) is 11.3. The molecule has 3 heteroatoms. The van der Waals surface area contributed by atoms with Crippen LogP contribution in [0.4, 0.5) is 0 Å². The number of rotatable bonds is 4. The molecule has 0 spiro atoms. The van der Waals surface area contributed by atoms with Gasteiger partial charge in [0.15, 0.2) is 0 Å². The highest BCUT2D eigenvalue weighted by molar-refractivity contribution is 4.90. The second-order valence-electron chi connectivity index (χ2n) is 5.51. The van der Waals surface area contributed by atoms with Crippen molar-refractivity contribution in [2.75, 3.05) is 39.3 Å². The summed E-state index contributed by atoms with van der Waals surface area (Å²) in [5, 5.41) is 3.27. The van der Waals surface area contributed by atoms with E-state index in [-0.39, 0.29) is 5.60 Å². The molecule has 3 nitrogen and oxygen atoms in total. The minimum Gasteiger partial charge on any atom is -0.371 e. The molecule has 2 heterocycles. The van der Waals surface area contributed by atoms with Crippen molar-refractivity contribution in [2.24, 2.45) is 0 Å². The second-order valence-corrected chi connectivity index (χ2v) is 5.51. The van der Waals surface area contributed by atoms with Crippen LogP contribution in [0.3, 0.4) is 0 Å². The highest BCUT2D eigenvalue weighted by Crippen LogP contribution is 2.15. The molecule has 0 amide bonds. The van der Waals surface area contributed by atoms with E-state index in [2.05, 4.69) is 17.1 Å². The third-order valence-electron chi connectivity index (χ3n) is 3.80. The molecule has 2 saturated heterocycles. The number of nitrogens with one attached hydrogen (secondary N) is 1. The molecule has 0 aliphatic carbocycles. The van der Waals surface area contributed by atoms with Gasteiger partial charge in [0.05, 0.1) is 12.2 Å². The summed E-state index contributed by atoms with van der Waals surface area (Å²) in [5.41, 5.74) is 0.128. The van der Waals surface area contributed by atoms with E-state index in [4.69, 9.17) is 4.74 Å². The van der Waals surface area contributed by atoms with Crippen molar-refractivity contribution < 1.29 is 4.74 Å². The van der Waals surface area contributed by atoms with Crippen molar-refractivity contribution in [3.8, 4) is 0 Å². The molecular weight excluding hydrogens is 200 g/mol.